The summed E-state index contributed by atoms with van der Waals surface area (Å²) in [5, 5.41) is 2.97. The smallest absolute Gasteiger partial charge is 0.237 e. The first-order valence-corrected chi connectivity index (χ1v) is 9.05. The normalized spacial score (nSPS) is 16.4. The minimum atomic E-state index is -0.582. The van der Waals surface area contributed by atoms with Gasteiger partial charge in [-0.1, -0.05) is 42.5 Å². The summed E-state index contributed by atoms with van der Waals surface area (Å²) < 4.78 is 0. The minimum Gasteiger partial charge on any atom is -0.348 e. The number of hydrogen-bond acceptors (Lipinski definition) is 3. The van der Waals surface area contributed by atoms with E-state index in [4.69, 9.17) is 5.73 Å². The highest BCUT2D eigenvalue weighted by Gasteiger charge is 2.22. The van der Waals surface area contributed by atoms with Crippen LogP contribution in [0.5, 0.6) is 0 Å². The van der Waals surface area contributed by atoms with Gasteiger partial charge < -0.3 is 16.0 Å². The standard InChI is InChI=1S/C21H25N3O2/c1-15(23-21(26)19(22)14-16-6-3-2-4-7-16)17-9-11-18(12-10-17)24-13-5-8-20(24)25/h2-4,6-7,9-12,15,19H,5,8,13-14,22H2,1H3,(H,23,26)/t15?,19-/m0/s1. The zero-order valence-corrected chi connectivity index (χ0v) is 15.0. The summed E-state index contributed by atoms with van der Waals surface area (Å²) in [5.41, 5.74) is 8.98. The van der Waals surface area contributed by atoms with Gasteiger partial charge in [-0.05, 0) is 43.0 Å². The van der Waals surface area contributed by atoms with Crippen LogP contribution in [-0.2, 0) is 16.0 Å². The van der Waals surface area contributed by atoms with Gasteiger partial charge in [0, 0.05) is 18.7 Å². The molecule has 1 aliphatic heterocycles. The molecule has 26 heavy (non-hydrogen) atoms. The van der Waals surface area contributed by atoms with Crippen LogP contribution in [0.25, 0.3) is 0 Å². The fraction of sp³-hybridized carbons (Fsp3) is 0.333. The lowest BCUT2D eigenvalue weighted by molar-refractivity contribution is -0.123. The van der Waals surface area contributed by atoms with Crippen molar-refractivity contribution >= 4 is 17.5 Å². The molecule has 0 saturated carbocycles. The summed E-state index contributed by atoms with van der Waals surface area (Å²) in [6, 6.07) is 16.8. The Morgan fingerprint density at radius 2 is 1.85 bits per heavy atom. The second kappa shape index (κ2) is 8.15. The van der Waals surface area contributed by atoms with Gasteiger partial charge in [-0.2, -0.15) is 0 Å². The minimum absolute atomic E-state index is 0.146. The van der Waals surface area contributed by atoms with Crippen LogP contribution in [0.1, 0.15) is 36.9 Å². The van der Waals surface area contributed by atoms with Crippen molar-refractivity contribution in [2.24, 2.45) is 5.73 Å². The molecule has 3 rings (SSSR count). The number of carbonyl (C=O) groups excluding carboxylic acids is 2. The molecule has 0 radical (unpaired) electrons. The molecule has 3 N–H and O–H groups in total. The maximum absolute atomic E-state index is 12.4. The van der Waals surface area contributed by atoms with Gasteiger partial charge in [-0.25, -0.2) is 0 Å². The van der Waals surface area contributed by atoms with Crippen LogP contribution in [0.3, 0.4) is 0 Å². The fourth-order valence-electron chi connectivity index (χ4n) is 3.23. The van der Waals surface area contributed by atoms with Crippen molar-refractivity contribution < 1.29 is 9.59 Å². The van der Waals surface area contributed by atoms with Crippen LogP contribution in [0.4, 0.5) is 5.69 Å². The van der Waals surface area contributed by atoms with Gasteiger partial charge in [0.1, 0.15) is 0 Å². The average Bonchev–Trinajstić information content (AvgIpc) is 3.08. The molecule has 5 heteroatoms. The number of benzene rings is 2. The summed E-state index contributed by atoms with van der Waals surface area (Å²) >= 11 is 0. The lowest BCUT2D eigenvalue weighted by atomic mass is 10.0. The Hall–Kier alpha value is -2.66. The van der Waals surface area contributed by atoms with E-state index in [1.165, 1.54) is 0 Å². The Morgan fingerprint density at radius 3 is 2.46 bits per heavy atom. The van der Waals surface area contributed by atoms with Crippen molar-refractivity contribution in [2.45, 2.75) is 38.3 Å². The zero-order valence-electron chi connectivity index (χ0n) is 15.0. The van der Waals surface area contributed by atoms with E-state index >= 15 is 0 Å². The molecule has 0 aliphatic carbocycles. The van der Waals surface area contributed by atoms with Gasteiger partial charge in [-0.3, -0.25) is 9.59 Å². The first kappa shape index (κ1) is 18.1. The van der Waals surface area contributed by atoms with E-state index in [9.17, 15) is 9.59 Å². The summed E-state index contributed by atoms with van der Waals surface area (Å²) in [6.07, 6.45) is 2.04. The Bertz CT molecular complexity index is 759. The molecule has 1 aliphatic rings. The number of anilines is 1. The molecule has 136 valence electrons. The van der Waals surface area contributed by atoms with Gasteiger partial charge >= 0.3 is 0 Å². The predicted molar refractivity (Wildman–Crippen MR) is 103 cm³/mol. The van der Waals surface area contributed by atoms with E-state index in [1.54, 1.807) is 0 Å². The molecule has 1 fully saturated rings. The molecular weight excluding hydrogens is 326 g/mol. The predicted octanol–water partition coefficient (Wildman–Crippen LogP) is 2.56. The Morgan fingerprint density at radius 1 is 1.15 bits per heavy atom. The quantitative estimate of drug-likeness (QED) is 0.840. The van der Waals surface area contributed by atoms with Crippen LogP contribution >= 0.6 is 0 Å². The molecule has 2 aromatic carbocycles. The van der Waals surface area contributed by atoms with E-state index in [-0.39, 0.29) is 17.9 Å². The summed E-state index contributed by atoms with van der Waals surface area (Å²) in [5.74, 6) is 0.00568. The average molecular weight is 351 g/mol. The van der Waals surface area contributed by atoms with Crippen LogP contribution in [0.2, 0.25) is 0 Å². The maximum atomic E-state index is 12.4. The summed E-state index contributed by atoms with van der Waals surface area (Å²) in [7, 11) is 0. The van der Waals surface area contributed by atoms with Crippen molar-refractivity contribution in [1.82, 2.24) is 5.32 Å². The maximum Gasteiger partial charge on any atom is 0.237 e. The number of nitrogens with zero attached hydrogens (tertiary/aromatic N) is 1. The van der Waals surface area contributed by atoms with E-state index in [0.29, 0.717) is 12.8 Å². The number of nitrogens with one attached hydrogen (secondary N) is 1. The molecule has 1 heterocycles. The Labute approximate surface area is 154 Å². The molecule has 0 bridgehead atoms. The van der Waals surface area contributed by atoms with Crippen molar-refractivity contribution in [3.8, 4) is 0 Å². The molecule has 0 aromatic heterocycles. The largest absolute Gasteiger partial charge is 0.348 e. The summed E-state index contributed by atoms with van der Waals surface area (Å²) in [4.78, 5) is 26.0. The SMILES string of the molecule is CC(NC(=O)[C@@H](N)Cc1ccccc1)c1ccc(N2CCCC2=O)cc1. The van der Waals surface area contributed by atoms with Gasteiger partial charge in [0.25, 0.3) is 0 Å². The van der Waals surface area contributed by atoms with Crippen molar-refractivity contribution in [3.63, 3.8) is 0 Å². The summed E-state index contributed by atoms with van der Waals surface area (Å²) in [6.45, 7) is 2.71. The second-order valence-electron chi connectivity index (χ2n) is 6.77. The first-order chi connectivity index (χ1) is 12.5. The molecule has 2 atom stereocenters. The van der Waals surface area contributed by atoms with Gasteiger partial charge in [0.15, 0.2) is 0 Å². The van der Waals surface area contributed by atoms with Crippen molar-refractivity contribution in [3.05, 3.63) is 65.7 Å². The van der Waals surface area contributed by atoms with Gasteiger partial charge in [-0.15, -0.1) is 0 Å². The highest BCUT2D eigenvalue weighted by atomic mass is 16.2. The van der Waals surface area contributed by atoms with Crippen LogP contribution in [0, 0.1) is 0 Å². The molecular formula is C21H25N3O2. The van der Waals surface area contributed by atoms with E-state index in [1.807, 2.05) is 66.4 Å². The molecule has 0 spiro atoms. The third kappa shape index (κ3) is 4.29. The second-order valence-corrected chi connectivity index (χ2v) is 6.77. The molecule has 2 amide bonds. The fourth-order valence-corrected chi connectivity index (χ4v) is 3.23. The van der Waals surface area contributed by atoms with Crippen molar-refractivity contribution in [1.29, 1.82) is 0 Å². The highest BCUT2D eigenvalue weighted by Crippen LogP contribution is 2.23. The number of nitrogens with two attached hydrogens (primary N) is 1. The van der Waals surface area contributed by atoms with Crippen LogP contribution in [0.15, 0.2) is 54.6 Å². The number of carbonyl (C=O) groups is 2. The van der Waals surface area contributed by atoms with Crippen LogP contribution < -0.4 is 16.0 Å². The monoisotopic (exact) mass is 351 g/mol. The van der Waals surface area contributed by atoms with Crippen LogP contribution in [-0.4, -0.2) is 24.4 Å². The van der Waals surface area contributed by atoms with Gasteiger partial charge in [0.05, 0.1) is 12.1 Å². The van der Waals surface area contributed by atoms with E-state index < -0.39 is 6.04 Å². The van der Waals surface area contributed by atoms with E-state index in [2.05, 4.69) is 5.32 Å². The molecule has 5 nitrogen and oxygen atoms in total. The third-order valence-electron chi connectivity index (χ3n) is 4.77. The number of rotatable bonds is 6. The molecule has 2 aromatic rings. The Balaban J connectivity index is 1.57. The van der Waals surface area contributed by atoms with E-state index in [0.717, 1.165) is 29.8 Å². The third-order valence-corrected chi connectivity index (χ3v) is 4.77. The highest BCUT2D eigenvalue weighted by molar-refractivity contribution is 5.95. The van der Waals surface area contributed by atoms with Crippen molar-refractivity contribution in [2.75, 3.05) is 11.4 Å². The van der Waals surface area contributed by atoms with Gasteiger partial charge in [0.2, 0.25) is 11.8 Å². The number of hydrogen-bond donors (Lipinski definition) is 2. The lowest BCUT2D eigenvalue weighted by Gasteiger charge is -2.20. The first-order valence-electron chi connectivity index (χ1n) is 9.05. The molecule has 1 unspecified atom stereocenters. The Kier molecular flexibility index (Phi) is 5.68. The lowest BCUT2D eigenvalue weighted by Crippen LogP contribution is -2.42. The zero-order chi connectivity index (χ0) is 18.5. The molecule has 1 saturated heterocycles. The topological polar surface area (TPSA) is 75.4 Å². The number of amides is 2.